The van der Waals surface area contributed by atoms with Gasteiger partial charge in [-0.05, 0) is 41.3 Å². The van der Waals surface area contributed by atoms with Crippen LogP contribution in [0.25, 0.3) is 0 Å². The fourth-order valence-electron chi connectivity index (χ4n) is 3.48. The molecule has 0 aliphatic carbocycles. The number of amides is 3. The summed E-state index contributed by atoms with van der Waals surface area (Å²) in [6.07, 6.45) is 0. The van der Waals surface area contributed by atoms with E-state index < -0.39 is 11.7 Å². The van der Waals surface area contributed by atoms with Gasteiger partial charge in [0.25, 0.3) is 11.8 Å². The highest BCUT2D eigenvalue weighted by Gasteiger charge is 2.26. The van der Waals surface area contributed by atoms with Gasteiger partial charge in [0.2, 0.25) is 5.91 Å². The quantitative estimate of drug-likeness (QED) is 0.760. The summed E-state index contributed by atoms with van der Waals surface area (Å²) >= 11 is 5.87. The first kappa shape index (κ1) is 23.7. The molecular formula is C24H27ClFN3O3. The van der Waals surface area contributed by atoms with Crippen molar-refractivity contribution in [3.05, 3.63) is 70.0 Å². The highest BCUT2D eigenvalue weighted by atomic mass is 35.5. The van der Waals surface area contributed by atoms with Gasteiger partial charge < -0.3 is 15.1 Å². The van der Waals surface area contributed by atoms with E-state index in [1.165, 1.54) is 17.0 Å². The number of nitrogens with zero attached hydrogens (tertiary/aromatic N) is 2. The monoisotopic (exact) mass is 459 g/mol. The number of nitrogens with one attached hydrogen (secondary N) is 1. The molecule has 0 spiro atoms. The Balaban J connectivity index is 1.50. The number of benzene rings is 2. The van der Waals surface area contributed by atoms with Crippen molar-refractivity contribution in [2.45, 2.75) is 26.2 Å². The van der Waals surface area contributed by atoms with Crippen molar-refractivity contribution in [1.82, 2.24) is 15.1 Å². The number of rotatable bonds is 4. The Morgan fingerprint density at radius 2 is 1.56 bits per heavy atom. The van der Waals surface area contributed by atoms with Crippen molar-refractivity contribution >= 4 is 29.3 Å². The standard InChI is InChI=1S/C24H27ClFN3O3/c1-24(2,3)17-6-4-16(5-7-17)22(31)27-15-21(30)28-10-12-29(13-11-28)23(32)19-14-18(25)8-9-20(19)26/h4-9,14H,10-13,15H2,1-3H3,(H,27,31). The summed E-state index contributed by atoms with van der Waals surface area (Å²) < 4.78 is 14.0. The highest BCUT2D eigenvalue weighted by Crippen LogP contribution is 2.22. The minimum absolute atomic E-state index is 0.00690. The van der Waals surface area contributed by atoms with Crippen molar-refractivity contribution in [3.8, 4) is 0 Å². The Labute approximate surface area is 192 Å². The molecule has 6 nitrogen and oxygen atoms in total. The van der Waals surface area contributed by atoms with Crippen LogP contribution in [0.2, 0.25) is 5.02 Å². The van der Waals surface area contributed by atoms with Crippen LogP contribution in [0, 0.1) is 5.82 Å². The van der Waals surface area contributed by atoms with Crippen molar-refractivity contribution in [2.24, 2.45) is 0 Å². The number of carbonyl (C=O) groups is 3. The second-order valence-corrected chi connectivity index (χ2v) is 9.24. The van der Waals surface area contributed by atoms with Crippen molar-refractivity contribution in [1.29, 1.82) is 0 Å². The Bertz CT molecular complexity index is 1010. The molecule has 1 aliphatic rings. The van der Waals surface area contributed by atoms with E-state index in [9.17, 15) is 18.8 Å². The zero-order chi connectivity index (χ0) is 23.5. The molecule has 1 saturated heterocycles. The summed E-state index contributed by atoms with van der Waals surface area (Å²) in [4.78, 5) is 40.5. The molecule has 0 saturated carbocycles. The first-order valence-electron chi connectivity index (χ1n) is 10.5. The lowest BCUT2D eigenvalue weighted by atomic mass is 9.87. The van der Waals surface area contributed by atoms with E-state index in [4.69, 9.17) is 11.6 Å². The molecule has 1 N–H and O–H groups in total. The molecule has 0 atom stereocenters. The first-order chi connectivity index (χ1) is 15.1. The van der Waals surface area contributed by atoms with Crippen molar-refractivity contribution < 1.29 is 18.8 Å². The molecule has 2 aromatic rings. The van der Waals surface area contributed by atoms with E-state index in [1.807, 2.05) is 12.1 Å². The van der Waals surface area contributed by atoms with E-state index in [-0.39, 0.29) is 47.4 Å². The maximum atomic E-state index is 14.0. The molecule has 2 aromatic carbocycles. The van der Waals surface area contributed by atoms with Gasteiger partial charge in [0.1, 0.15) is 5.82 Å². The van der Waals surface area contributed by atoms with Crippen molar-refractivity contribution in [3.63, 3.8) is 0 Å². The maximum Gasteiger partial charge on any atom is 0.257 e. The van der Waals surface area contributed by atoms with E-state index >= 15 is 0 Å². The third-order valence-electron chi connectivity index (χ3n) is 5.49. The summed E-state index contributed by atoms with van der Waals surface area (Å²) in [5.74, 6) is -1.63. The average Bonchev–Trinajstić information content (AvgIpc) is 2.78. The molecule has 32 heavy (non-hydrogen) atoms. The lowest BCUT2D eigenvalue weighted by Gasteiger charge is -2.35. The molecule has 1 aliphatic heterocycles. The lowest BCUT2D eigenvalue weighted by molar-refractivity contribution is -0.131. The number of hydrogen-bond acceptors (Lipinski definition) is 3. The molecule has 8 heteroatoms. The molecule has 1 heterocycles. The number of hydrogen-bond donors (Lipinski definition) is 1. The maximum absolute atomic E-state index is 14.0. The van der Waals surface area contributed by atoms with Crippen LogP contribution in [0.1, 0.15) is 47.1 Å². The fourth-order valence-corrected chi connectivity index (χ4v) is 3.65. The molecule has 0 aromatic heterocycles. The third kappa shape index (κ3) is 5.65. The Morgan fingerprint density at radius 1 is 0.969 bits per heavy atom. The molecule has 0 unspecified atom stereocenters. The summed E-state index contributed by atoms with van der Waals surface area (Å²) in [5.41, 5.74) is 1.52. The summed E-state index contributed by atoms with van der Waals surface area (Å²) in [5, 5.41) is 2.94. The Morgan fingerprint density at radius 3 is 2.16 bits per heavy atom. The largest absolute Gasteiger partial charge is 0.343 e. The molecule has 170 valence electrons. The van der Waals surface area contributed by atoms with Gasteiger partial charge in [-0.25, -0.2) is 4.39 Å². The number of halogens is 2. The van der Waals surface area contributed by atoms with Gasteiger partial charge in [-0.2, -0.15) is 0 Å². The number of piperazine rings is 1. The number of carbonyl (C=O) groups excluding carboxylic acids is 3. The Kier molecular flexibility index (Phi) is 7.19. The SMILES string of the molecule is CC(C)(C)c1ccc(C(=O)NCC(=O)N2CCN(C(=O)c3cc(Cl)ccc3F)CC2)cc1. The lowest BCUT2D eigenvalue weighted by Crippen LogP contribution is -2.52. The van der Waals surface area contributed by atoms with Crippen LogP contribution < -0.4 is 5.32 Å². The van der Waals surface area contributed by atoms with Crippen LogP contribution in [0.15, 0.2) is 42.5 Å². The van der Waals surface area contributed by atoms with E-state index in [1.54, 1.807) is 17.0 Å². The highest BCUT2D eigenvalue weighted by molar-refractivity contribution is 6.31. The topological polar surface area (TPSA) is 69.7 Å². The Hall–Kier alpha value is -2.93. The van der Waals surface area contributed by atoms with Crippen LogP contribution in [-0.2, 0) is 10.2 Å². The predicted molar refractivity (Wildman–Crippen MR) is 121 cm³/mol. The molecule has 0 bridgehead atoms. The molecule has 3 rings (SSSR count). The summed E-state index contributed by atoms with van der Waals surface area (Å²) in [6.45, 7) is 7.33. The van der Waals surface area contributed by atoms with Crippen LogP contribution in [0.3, 0.4) is 0 Å². The zero-order valence-corrected chi connectivity index (χ0v) is 19.2. The predicted octanol–water partition coefficient (Wildman–Crippen LogP) is 3.49. The van der Waals surface area contributed by atoms with Crippen molar-refractivity contribution in [2.75, 3.05) is 32.7 Å². The van der Waals surface area contributed by atoms with Crippen LogP contribution in [0.5, 0.6) is 0 Å². The fraction of sp³-hybridized carbons (Fsp3) is 0.375. The van der Waals surface area contributed by atoms with Gasteiger partial charge >= 0.3 is 0 Å². The summed E-state index contributed by atoms with van der Waals surface area (Å²) in [7, 11) is 0. The van der Waals surface area contributed by atoms with Gasteiger partial charge in [-0.3, -0.25) is 14.4 Å². The van der Waals surface area contributed by atoms with E-state index in [0.717, 1.165) is 11.6 Å². The van der Waals surface area contributed by atoms with Crippen LogP contribution >= 0.6 is 11.6 Å². The van der Waals surface area contributed by atoms with E-state index in [2.05, 4.69) is 26.1 Å². The average molecular weight is 460 g/mol. The smallest absolute Gasteiger partial charge is 0.257 e. The van der Waals surface area contributed by atoms with Gasteiger partial charge in [0, 0.05) is 36.8 Å². The second-order valence-electron chi connectivity index (χ2n) is 8.81. The minimum Gasteiger partial charge on any atom is -0.343 e. The minimum atomic E-state index is -0.629. The normalized spacial score (nSPS) is 14.3. The van der Waals surface area contributed by atoms with Gasteiger partial charge in [0.05, 0.1) is 12.1 Å². The second kappa shape index (κ2) is 9.69. The van der Waals surface area contributed by atoms with E-state index in [0.29, 0.717) is 18.7 Å². The summed E-state index contributed by atoms with van der Waals surface area (Å²) in [6, 6.07) is 11.2. The van der Waals surface area contributed by atoms with Gasteiger partial charge in [-0.15, -0.1) is 0 Å². The molecular weight excluding hydrogens is 433 g/mol. The van der Waals surface area contributed by atoms with Crippen LogP contribution in [0.4, 0.5) is 4.39 Å². The van der Waals surface area contributed by atoms with Gasteiger partial charge in [-0.1, -0.05) is 44.5 Å². The zero-order valence-electron chi connectivity index (χ0n) is 18.5. The van der Waals surface area contributed by atoms with Crippen LogP contribution in [-0.4, -0.2) is 60.2 Å². The van der Waals surface area contributed by atoms with Gasteiger partial charge in [0.15, 0.2) is 0 Å². The molecule has 3 amide bonds. The molecule has 1 fully saturated rings. The third-order valence-corrected chi connectivity index (χ3v) is 5.73. The molecule has 0 radical (unpaired) electrons. The first-order valence-corrected chi connectivity index (χ1v) is 10.8.